The maximum absolute atomic E-state index is 10.1. The molecule has 0 amide bonds. The molecular formula is C9H8N2O2. The highest BCUT2D eigenvalue weighted by atomic mass is 16.4. The maximum atomic E-state index is 10.1. The molecule has 13 heavy (non-hydrogen) atoms. The van der Waals surface area contributed by atoms with E-state index in [1.807, 2.05) is 0 Å². The van der Waals surface area contributed by atoms with Gasteiger partial charge in [0.2, 0.25) is 0 Å². The average molecular weight is 176 g/mol. The molecule has 0 spiro atoms. The Labute approximate surface area is 75.4 Å². The monoisotopic (exact) mass is 176 g/mol. The predicted octanol–water partition coefficient (Wildman–Crippen LogP) is 0.490. The molecule has 1 aromatic heterocycles. The molecule has 0 aliphatic heterocycles. The molecule has 0 aromatic carbocycles. The molecule has 1 heterocycles. The molecule has 1 aromatic rings. The van der Waals surface area contributed by atoms with E-state index in [0.717, 1.165) is 0 Å². The number of carboxylic acid groups (broad SMARTS) is 1. The molecular weight excluding hydrogens is 168 g/mol. The first-order valence-electron chi connectivity index (χ1n) is 3.60. The standard InChI is InChI=1S/C9H8N2O2/c10-8-6-11-5-4-7(8)2-1-3-9(12)13/h4-6H,3,10H2,(H,12,13). The summed E-state index contributed by atoms with van der Waals surface area (Å²) in [5.41, 5.74) is 6.59. The Morgan fingerprint density at radius 2 is 2.46 bits per heavy atom. The van der Waals surface area contributed by atoms with Crippen molar-refractivity contribution >= 4 is 11.7 Å². The van der Waals surface area contributed by atoms with Crippen LogP contribution in [0.25, 0.3) is 0 Å². The summed E-state index contributed by atoms with van der Waals surface area (Å²) in [5.74, 6) is 4.19. The van der Waals surface area contributed by atoms with Gasteiger partial charge in [-0.25, -0.2) is 0 Å². The summed E-state index contributed by atoms with van der Waals surface area (Å²) < 4.78 is 0. The van der Waals surface area contributed by atoms with E-state index in [9.17, 15) is 4.79 Å². The van der Waals surface area contributed by atoms with Crippen LogP contribution >= 0.6 is 0 Å². The van der Waals surface area contributed by atoms with E-state index in [0.29, 0.717) is 11.3 Å². The zero-order chi connectivity index (χ0) is 9.68. The highest BCUT2D eigenvalue weighted by molar-refractivity contribution is 5.70. The van der Waals surface area contributed by atoms with Gasteiger partial charge in [-0.05, 0) is 6.07 Å². The van der Waals surface area contributed by atoms with Crippen LogP contribution < -0.4 is 5.73 Å². The Bertz CT molecular complexity index is 377. The number of nitrogen functional groups attached to an aromatic ring is 1. The van der Waals surface area contributed by atoms with Crippen LogP contribution in [0.3, 0.4) is 0 Å². The van der Waals surface area contributed by atoms with Crippen LogP contribution in [0, 0.1) is 11.8 Å². The molecule has 0 unspecified atom stereocenters. The zero-order valence-electron chi connectivity index (χ0n) is 6.82. The summed E-state index contributed by atoms with van der Waals surface area (Å²) in [6, 6.07) is 1.64. The van der Waals surface area contributed by atoms with Gasteiger partial charge in [0.1, 0.15) is 6.42 Å². The quantitative estimate of drug-likeness (QED) is 0.610. The van der Waals surface area contributed by atoms with Crippen molar-refractivity contribution in [2.75, 3.05) is 5.73 Å². The van der Waals surface area contributed by atoms with Crippen molar-refractivity contribution in [3.05, 3.63) is 24.0 Å². The van der Waals surface area contributed by atoms with E-state index in [4.69, 9.17) is 10.8 Å². The van der Waals surface area contributed by atoms with Gasteiger partial charge >= 0.3 is 5.97 Å². The normalized spacial score (nSPS) is 8.62. The Hall–Kier alpha value is -2.02. The van der Waals surface area contributed by atoms with Gasteiger partial charge in [0.25, 0.3) is 0 Å². The van der Waals surface area contributed by atoms with Gasteiger partial charge in [0, 0.05) is 6.20 Å². The van der Waals surface area contributed by atoms with Crippen LogP contribution in [-0.2, 0) is 4.79 Å². The van der Waals surface area contributed by atoms with E-state index in [-0.39, 0.29) is 6.42 Å². The fourth-order valence-electron chi connectivity index (χ4n) is 0.736. The van der Waals surface area contributed by atoms with Crippen LogP contribution in [0.1, 0.15) is 12.0 Å². The van der Waals surface area contributed by atoms with Crippen molar-refractivity contribution in [2.24, 2.45) is 0 Å². The van der Waals surface area contributed by atoms with Gasteiger partial charge in [0.05, 0.1) is 17.4 Å². The predicted molar refractivity (Wildman–Crippen MR) is 47.8 cm³/mol. The number of hydrogen-bond donors (Lipinski definition) is 2. The van der Waals surface area contributed by atoms with Gasteiger partial charge in [-0.15, -0.1) is 0 Å². The fraction of sp³-hybridized carbons (Fsp3) is 0.111. The molecule has 0 atom stereocenters. The van der Waals surface area contributed by atoms with Crippen molar-refractivity contribution in [3.63, 3.8) is 0 Å². The van der Waals surface area contributed by atoms with Crippen LogP contribution in [0.5, 0.6) is 0 Å². The first-order chi connectivity index (χ1) is 6.20. The largest absolute Gasteiger partial charge is 0.481 e. The molecule has 66 valence electrons. The second-order valence-corrected chi connectivity index (χ2v) is 2.34. The number of aromatic nitrogens is 1. The summed E-state index contributed by atoms with van der Waals surface area (Å²) >= 11 is 0. The number of rotatable bonds is 1. The second-order valence-electron chi connectivity index (χ2n) is 2.34. The zero-order valence-corrected chi connectivity index (χ0v) is 6.82. The highest BCUT2D eigenvalue weighted by Gasteiger charge is 1.93. The molecule has 0 bridgehead atoms. The number of hydrogen-bond acceptors (Lipinski definition) is 3. The fourth-order valence-corrected chi connectivity index (χ4v) is 0.736. The maximum Gasteiger partial charge on any atom is 0.315 e. The smallest absolute Gasteiger partial charge is 0.315 e. The summed E-state index contributed by atoms with van der Waals surface area (Å²) in [7, 11) is 0. The number of carboxylic acids is 1. The Morgan fingerprint density at radius 3 is 3.08 bits per heavy atom. The topological polar surface area (TPSA) is 76.2 Å². The number of pyridine rings is 1. The Balaban J connectivity index is 2.77. The van der Waals surface area contributed by atoms with Crippen molar-refractivity contribution in [2.45, 2.75) is 6.42 Å². The lowest BCUT2D eigenvalue weighted by atomic mass is 10.2. The third-order valence-corrected chi connectivity index (χ3v) is 1.31. The molecule has 0 fully saturated rings. The first kappa shape index (κ1) is 9.07. The molecule has 0 saturated carbocycles. The molecule has 4 nitrogen and oxygen atoms in total. The van der Waals surface area contributed by atoms with Gasteiger partial charge in [-0.2, -0.15) is 0 Å². The van der Waals surface area contributed by atoms with E-state index in [2.05, 4.69) is 16.8 Å². The van der Waals surface area contributed by atoms with Crippen molar-refractivity contribution in [1.29, 1.82) is 0 Å². The minimum absolute atomic E-state index is 0.179. The molecule has 0 aliphatic rings. The van der Waals surface area contributed by atoms with Crippen LogP contribution in [-0.4, -0.2) is 16.1 Å². The minimum atomic E-state index is -0.944. The van der Waals surface area contributed by atoms with Gasteiger partial charge < -0.3 is 10.8 Å². The Morgan fingerprint density at radius 1 is 1.69 bits per heavy atom. The Kier molecular flexibility index (Phi) is 2.87. The summed E-state index contributed by atoms with van der Waals surface area (Å²) in [6.07, 6.45) is 2.85. The lowest BCUT2D eigenvalue weighted by Crippen LogP contribution is -1.92. The lowest BCUT2D eigenvalue weighted by molar-refractivity contribution is -0.135. The van der Waals surface area contributed by atoms with Crippen LogP contribution in [0.2, 0.25) is 0 Å². The molecule has 4 heteroatoms. The minimum Gasteiger partial charge on any atom is -0.481 e. The summed E-state index contributed by atoms with van der Waals surface area (Å²) in [4.78, 5) is 13.9. The third-order valence-electron chi connectivity index (χ3n) is 1.31. The molecule has 0 aliphatic carbocycles. The van der Waals surface area contributed by atoms with Gasteiger partial charge in [-0.1, -0.05) is 11.8 Å². The summed E-state index contributed by atoms with van der Waals surface area (Å²) in [5, 5.41) is 8.31. The van der Waals surface area contributed by atoms with Crippen molar-refractivity contribution in [1.82, 2.24) is 4.98 Å². The van der Waals surface area contributed by atoms with Gasteiger partial charge in [-0.3, -0.25) is 9.78 Å². The van der Waals surface area contributed by atoms with Gasteiger partial charge in [0.15, 0.2) is 0 Å². The molecule has 1 rings (SSSR count). The number of nitrogens with zero attached hydrogens (tertiary/aromatic N) is 1. The highest BCUT2D eigenvalue weighted by Crippen LogP contribution is 2.05. The van der Waals surface area contributed by atoms with E-state index < -0.39 is 5.97 Å². The van der Waals surface area contributed by atoms with Crippen LogP contribution in [0.4, 0.5) is 5.69 Å². The van der Waals surface area contributed by atoms with E-state index in [1.54, 1.807) is 12.3 Å². The van der Waals surface area contributed by atoms with E-state index >= 15 is 0 Å². The van der Waals surface area contributed by atoms with Crippen molar-refractivity contribution < 1.29 is 9.90 Å². The average Bonchev–Trinajstić information content (AvgIpc) is 2.08. The van der Waals surface area contributed by atoms with E-state index in [1.165, 1.54) is 6.20 Å². The molecule has 3 N–H and O–H groups in total. The first-order valence-corrected chi connectivity index (χ1v) is 3.60. The SMILES string of the molecule is Nc1cnccc1C#CCC(=O)O. The molecule has 0 radical (unpaired) electrons. The number of nitrogens with two attached hydrogens (primary N) is 1. The summed E-state index contributed by atoms with van der Waals surface area (Å²) in [6.45, 7) is 0. The number of anilines is 1. The van der Waals surface area contributed by atoms with Crippen molar-refractivity contribution in [3.8, 4) is 11.8 Å². The van der Waals surface area contributed by atoms with Crippen LogP contribution in [0.15, 0.2) is 18.5 Å². The molecule has 0 saturated heterocycles. The number of carbonyl (C=O) groups is 1. The number of aliphatic carboxylic acids is 1. The third kappa shape index (κ3) is 2.83. The second kappa shape index (κ2) is 4.12. The lowest BCUT2D eigenvalue weighted by Gasteiger charge is -1.93.